The molecule has 32 heavy (non-hydrogen) atoms. The summed E-state index contributed by atoms with van der Waals surface area (Å²) in [5, 5.41) is 11.1. The van der Waals surface area contributed by atoms with Gasteiger partial charge in [0.2, 0.25) is 0 Å². The highest BCUT2D eigenvalue weighted by molar-refractivity contribution is 6.46. The molecule has 1 unspecified atom stereocenters. The average Bonchev–Trinajstić information content (AvgIpc) is 3.34. The van der Waals surface area contributed by atoms with Crippen LogP contribution in [-0.2, 0) is 14.3 Å². The van der Waals surface area contributed by atoms with Gasteiger partial charge in [0, 0.05) is 31.7 Å². The first-order valence-electron chi connectivity index (χ1n) is 10.9. The maximum atomic E-state index is 13.1. The third-order valence-electron chi connectivity index (χ3n) is 5.75. The van der Waals surface area contributed by atoms with Crippen LogP contribution in [0.4, 0.5) is 0 Å². The first kappa shape index (κ1) is 22.1. The van der Waals surface area contributed by atoms with Gasteiger partial charge in [0.25, 0.3) is 11.7 Å². The lowest BCUT2D eigenvalue weighted by molar-refractivity contribution is -0.140. The number of hydrogen-bond donors (Lipinski definition) is 1. The van der Waals surface area contributed by atoms with Crippen molar-refractivity contribution in [3.63, 3.8) is 0 Å². The smallest absolute Gasteiger partial charge is 0.295 e. The highest BCUT2D eigenvalue weighted by Gasteiger charge is 2.47. The van der Waals surface area contributed by atoms with Gasteiger partial charge in [-0.3, -0.25) is 14.5 Å². The summed E-state index contributed by atoms with van der Waals surface area (Å²) in [4.78, 5) is 29.8. The summed E-state index contributed by atoms with van der Waals surface area (Å²) in [7, 11) is 0. The van der Waals surface area contributed by atoms with Gasteiger partial charge >= 0.3 is 0 Å². The Morgan fingerprint density at radius 3 is 2.62 bits per heavy atom. The van der Waals surface area contributed by atoms with Gasteiger partial charge < -0.3 is 23.9 Å². The Hall–Kier alpha value is -3.10. The molecular formula is C24H28N2O6. The molecular weight excluding hydrogens is 412 g/mol. The molecule has 2 aliphatic rings. The topological polar surface area (TPSA) is 92.5 Å². The van der Waals surface area contributed by atoms with Crippen molar-refractivity contribution >= 4 is 17.4 Å². The Bertz CT molecular complexity index is 1020. The lowest BCUT2D eigenvalue weighted by atomic mass is 9.99. The predicted molar refractivity (Wildman–Crippen MR) is 117 cm³/mol. The molecule has 2 aliphatic heterocycles. The number of amides is 1. The zero-order valence-electron chi connectivity index (χ0n) is 18.4. The largest absolute Gasteiger partial charge is 0.507 e. The number of hydrogen-bond acceptors (Lipinski definition) is 7. The summed E-state index contributed by atoms with van der Waals surface area (Å²) in [6.45, 7) is 7.93. The van der Waals surface area contributed by atoms with Crippen LogP contribution in [0.15, 0.2) is 46.4 Å². The molecule has 0 aliphatic carbocycles. The van der Waals surface area contributed by atoms with Crippen molar-refractivity contribution in [2.45, 2.75) is 19.9 Å². The monoisotopic (exact) mass is 440 g/mol. The molecule has 0 radical (unpaired) electrons. The maximum Gasteiger partial charge on any atom is 0.295 e. The second-order valence-electron chi connectivity index (χ2n) is 7.86. The van der Waals surface area contributed by atoms with Crippen molar-refractivity contribution < 1.29 is 28.6 Å². The van der Waals surface area contributed by atoms with E-state index in [1.807, 2.05) is 6.92 Å². The summed E-state index contributed by atoms with van der Waals surface area (Å²) in [5.74, 6) is 0.0924. The second kappa shape index (κ2) is 9.58. The number of morpholine rings is 1. The van der Waals surface area contributed by atoms with E-state index in [4.69, 9.17) is 13.9 Å². The van der Waals surface area contributed by atoms with E-state index >= 15 is 0 Å². The number of carbonyl (C=O) groups is 2. The summed E-state index contributed by atoms with van der Waals surface area (Å²) in [6, 6.07) is 9.59. The number of ether oxygens (including phenoxy) is 2. The summed E-state index contributed by atoms with van der Waals surface area (Å²) in [5.41, 5.74) is 0.440. The minimum absolute atomic E-state index is 0.0278. The van der Waals surface area contributed by atoms with Crippen molar-refractivity contribution in [1.29, 1.82) is 0 Å². The van der Waals surface area contributed by atoms with E-state index in [9.17, 15) is 14.7 Å². The van der Waals surface area contributed by atoms with Gasteiger partial charge in [-0.2, -0.15) is 0 Å². The molecule has 4 rings (SSSR count). The fourth-order valence-electron chi connectivity index (χ4n) is 4.14. The Labute approximate surface area is 187 Å². The molecule has 1 aromatic heterocycles. The van der Waals surface area contributed by atoms with Gasteiger partial charge in [0.05, 0.1) is 25.4 Å². The number of Topliss-reactive ketones (excluding diaryl/α,β-unsaturated/α-hetero) is 1. The van der Waals surface area contributed by atoms with Crippen LogP contribution in [0.5, 0.6) is 5.75 Å². The molecule has 1 atom stereocenters. The molecule has 3 heterocycles. The lowest BCUT2D eigenvalue weighted by Crippen LogP contribution is -2.42. The van der Waals surface area contributed by atoms with Crippen molar-refractivity contribution in [2.75, 3.05) is 46.0 Å². The normalized spacial score (nSPS) is 21.3. The molecule has 2 aromatic rings. The van der Waals surface area contributed by atoms with Crippen LogP contribution in [0.3, 0.4) is 0 Å². The molecule has 1 amide bonds. The van der Waals surface area contributed by atoms with Crippen LogP contribution in [0.25, 0.3) is 5.76 Å². The Kier molecular flexibility index (Phi) is 6.62. The number of furan rings is 1. The Balaban J connectivity index is 1.71. The molecule has 2 saturated heterocycles. The third kappa shape index (κ3) is 4.42. The van der Waals surface area contributed by atoms with E-state index in [1.165, 1.54) is 4.90 Å². The maximum absolute atomic E-state index is 13.1. The molecule has 8 nitrogen and oxygen atoms in total. The van der Waals surface area contributed by atoms with Crippen LogP contribution in [0.2, 0.25) is 0 Å². The van der Waals surface area contributed by atoms with Crippen molar-refractivity contribution in [3.05, 3.63) is 59.1 Å². The Morgan fingerprint density at radius 1 is 1.16 bits per heavy atom. The lowest BCUT2D eigenvalue weighted by Gasteiger charge is -2.30. The zero-order valence-corrected chi connectivity index (χ0v) is 18.4. The summed E-state index contributed by atoms with van der Waals surface area (Å²) < 4.78 is 16.7. The fourth-order valence-corrected chi connectivity index (χ4v) is 4.14. The zero-order chi connectivity index (χ0) is 22.7. The molecule has 2 fully saturated rings. The standard InChI is InChI=1S/C24H28N2O6/c1-3-31-18-6-4-5-17(15-18)22(27)20-21(19-8-7-16(2)32-19)26(24(29)23(20)28)10-9-25-11-13-30-14-12-25/h4-8,15,21,27H,3,9-14H2,1-2H3. The quantitative estimate of drug-likeness (QED) is 0.402. The van der Waals surface area contributed by atoms with Crippen molar-refractivity contribution in [1.82, 2.24) is 9.80 Å². The number of rotatable bonds is 7. The predicted octanol–water partition coefficient (Wildman–Crippen LogP) is 2.74. The molecule has 8 heteroatoms. The van der Waals surface area contributed by atoms with Gasteiger partial charge in [0.15, 0.2) is 0 Å². The van der Waals surface area contributed by atoms with E-state index in [0.717, 1.165) is 13.1 Å². The van der Waals surface area contributed by atoms with E-state index in [0.29, 0.717) is 55.7 Å². The minimum Gasteiger partial charge on any atom is -0.507 e. The number of nitrogens with zero attached hydrogens (tertiary/aromatic N) is 2. The van der Waals surface area contributed by atoms with Crippen molar-refractivity contribution in [3.8, 4) is 5.75 Å². The van der Waals surface area contributed by atoms with Crippen molar-refractivity contribution in [2.24, 2.45) is 0 Å². The molecule has 0 spiro atoms. The second-order valence-corrected chi connectivity index (χ2v) is 7.86. The first-order chi connectivity index (χ1) is 15.5. The summed E-state index contributed by atoms with van der Waals surface area (Å²) >= 11 is 0. The van der Waals surface area contributed by atoms with Crippen LogP contribution >= 0.6 is 0 Å². The van der Waals surface area contributed by atoms with Gasteiger partial charge in [-0.05, 0) is 38.1 Å². The summed E-state index contributed by atoms with van der Waals surface area (Å²) in [6.07, 6.45) is 0. The SMILES string of the molecule is CCOc1cccc(C(O)=C2C(=O)C(=O)N(CCN3CCOCC3)C2c2ccc(C)o2)c1. The van der Waals surface area contributed by atoms with Gasteiger partial charge in [-0.15, -0.1) is 0 Å². The number of carbonyl (C=O) groups excluding carboxylic acids is 2. The fraction of sp³-hybridized carbons (Fsp3) is 0.417. The van der Waals surface area contributed by atoms with E-state index in [-0.39, 0.29) is 11.3 Å². The molecule has 1 aromatic carbocycles. The minimum atomic E-state index is -0.791. The number of aryl methyl sites for hydroxylation is 1. The first-order valence-corrected chi connectivity index (χ1v) is 10.9. The van der Waals surface area contributed by atoms with Crippen LogP contribution in [0.1, 0.15) is 30.0 Å². The van der Waals surface area contributed by atoms with Crippen LogP contribution < -0.4 is 4.74 Å². The molecule has 170 valence electrons. The molecule has 1 N–H and O–H groups in total. The third-order valence-corrected chi connectivity index (χ3v) is 5.75. The number of benzene rings is 1. The van der Waals surface area contributed by atoms with Gasteiger partial charge in [-0.1, -0.05) is 12.1 Å². The number of aliphatic hydroxyl groups is 1. The molecule has 0 saturated carbocycles. The van der Waals surface area contributed by atoms with Gasteiger partial charge in [0.1, 0.15) is 29.1 Å². The van der Waals surface area contributed by atoms with Gasteiger partial charge in [-0.25, -0.2) is 0 Å². The average molecular weight is 440 g/mol. The Morgan fingerprint density at radius 2 is 1.94 bits per heavy atom. The number of ketones is 1. The number of likely N-dealkylation sites (tertiary alicyclic amines) is 1. The van der Waals surface area contributed by atoms with E-state index < -0.39 is 17.7 Å². The highest BCUT2D eigenvalue weighted by atomic mass is 16.5. The highest BCUT2D eigenvalue weighted by Crippen LogP contribution is 2.40. The van der Waals surface area contributed by atoms with Crippen LogP contribution in [-0.4, -0.2) is 72.6 Å². The van der Waals surface area contributed by atoms with E-state index in [2.05, 4.69) is 4.90 Å². The molecule has 0 bridgehead atoms. The van der Waals surface area contributed by atoms with E-state index in [1.54, 1.807) is 43.3 Å². The number of aliphatic hydroxyl groups excluding tert-OH is 1. The van der Waals surface area contributed by atoms with Crippen LogP contribution in [0, 0.1) is 6.92 Å².